The molecule has 0 bridgehead atoms. The lowest BCUT2D eigenvalue weighted by molar-refractivity contribution is 0.159. The van der Waals surface area contributed by atoms with Crippen molar-refractivity contribution in [3.05, 3.63) is 108 Å². The van der Waals surface area contributed by atoms with Crippen LogP contribution in [0, 0.1) is 5.41 Å². The van der Waals surface area contributed by atoms with Gasteiger partial charge in [-0.1, -0.05) is 91.8 Å². The number of aromatic nitrogens is 1. The van der Waals surface area contributed by atoms with Crippen molar-refractivity contribution >= 4 is 28.4 Å². The molecule has 0 spiro atoms. The van der Waals surface area contributed by atoms with E-state index in [-0.39, 0.29) is 15.5 Å². The lowest BCUT2D eigenvalue weighted by Crippen LogP contribution is -2.44. The molecule has 2 amide bonds. The first kappa shape index (κ1) is 45.6. The van der Waals surface area contributed by atoms with E-state index in [0.717, 1.165) is 30.8 Å². The van der Waals surface area contributed by atoms with Crippen molar-refractivity contribution in [2.75, 3.05) is 31.6 Å². The van der Waals surface area contributed by atoms with E-state index >= 15 is 0 Å². The molecule has 57 heavy (non-hydrogen) atoms. The Morgan fingerprint density at radius 3 is 1.86 bits per heavy atom. The monoisotopic (exact) mass is 814 g/mol. The average molecular weight is 815 g/mol. The molecule has 1 aliphatic heterocycles. The van der Waals surface area contributed by atoms with Crippen LogP contribution in [0.4, 0.5) is 10.5 Å². The Morgan fingerprint density at radius 2 is 1.33 bits per heavy atom. The van der Waals surface area contributed by atoms with E-state index in [1.165, 1.54) is 5.56 Å². The summed E-state index contributed by atoms with van der Waals surface area (Å²) >= 11 is 0. The standard InChI is InChI=1S/C44H66N6O5Si2/c1-42(2,3)35-30-39(47-49-48-41(51)46-36-18-20-37(21-19-36)55-38-22-24-45-25-23-38)40(52-32-35)34-16-14-33(15-17-34)31-50(26-28-53-56(10,11)43(4,5)6)27-29-54-57(12,13)44(7,8)9/h14-25,30,32,40H,26-29,31H2,1-13H3,(H2,46,47,48,51). The molecule has 310 valence electrons. The van der Waals surface area contributed by atoms with Crippen LogP contribution in [0.25, 0.3) is 0 Å². The number of hydrogen-bond donors (Lipinski definition) is 2. The smallest absolute Gasteiger partial charge is 0.341 e. The highest BCUT2D eigenvalue weighted by molar-refractivity contribution is 6.74. The van der Waals surface area contributed by atoms with Gasteiger partial charge in [0.25, 0.3) is 0 Å². The molecule has 0 fully saturated rings. The van der Waals surface area contributed by atoms with Crippen molar-refractivity contribution in [1.29, 1.82) is 0 Å². The Bertz CT molecular complexity index is 1810. The van der Waals surface area contributed by atoms with Crippen molar-refractivity contribution in [1.82, 2.24) is 15.3 Å². The Labute approximate surface area is 343 Å². The molecule has 1 aromatic heterocycles. The summed E-state index contributed by atoms with van der Waals surface area (Å²) in [4.78, 5) is 19.2. The van der Waals surface area contributed by atoms with Gasteiger partial charge in [-0.15, -0.1) is 5.11 Å². The summed E-state index contributed by atoms with van der Waals surface area (Å²) < 4.78 is 25.3. The van der Waals surface area contributed by atoms with Gasteiger partial charge in [-0.25, -0.2) is 10.2 Å². The van der Waals surface area contributed by atoms with Crippen molar-refractivity contribution in [3.63, 3.8) is 0 Å². The van der Waals surface area contributed by atoms with Crippen LogP contribution in [0.2, 0.25) is 36.3 Å². The predicted molar refractivity (Wildman–Crippen MR) is 235 cm³/mol. The fourth-order valence-electron chi connectivity index (χ4n) is 5.26. The van der Waals surface area contributed by atoms with Gasteiger partial charge in [-0.05, 0) is 101 Å². The van der Waals surface area contributed by atoms with Crippen LogP contribution in [-0.4, -0.2) is 58.9 Å². The zero-order chi connectivity index (χ0) is 42.1. The SMILES string of the molecule is CC(C)(C)C1=COC(c2ccc(CN(CCO[Si](C)(C)C(C)(C)C)CCO[Si](C)(C)C(C)(C)C)cc2)C(N=NNC(=O)Nc2ccc(Oc3ccncc3)cc2)=C1. The molecule has 2 aromatic carbocycles. The molecule has 2 N–H and O–H groups in total. The molecule has 2 heterocycles. The number of pyridine rings is 1. The molecular weight excluding hydrogens is 749 g/mol. The van der Waals surface area contributed by atoms with Gasteiger partial charge < -0.3 is 23.6 Å². The number of nitrogens with one attached hydrogen (secondary N) is 2. The summed E-state index contributed by atoms with van der Waals surface area (Å²) in [5.74, 6) is 1.31. The van der Waals surface area contributed by atoms with Crippen LogP contribution in [0.1, 0.15) is 79.5 Å². The topological polar surface area (TPSA) is 119 Å². The van der Waals surface area contributed by atoms with E-state index in [1.807, 2.05) is 6.08 Å². The summed E-state index contributed by atoms with van der Waals surface area (Å²) in [5.41, 5.74) is 6.55. The molecule has 3 aromatic rings. The van der Waals surface area contributed by atoms with Crippen LogP contribution in [0.3, 0.4) is 0 Å². The zero-order valence-corrected chi connectivity index (χ0v) is 38.5. The van der Waals surface area contributed by atoms with Gasteiger partial charge in [0.15, 0.2) is 22.7 Å². The second kappa shape index (κ2) is 19.1. The number of nitrogens with zero attached hydrogens (tertiary/aromatic N) is 4. The van der Waals surface area contributed by atoms with E-state index in [9.17, 15) is 4.79 Å². The Morgan fingerprint density at radius 1 is 0.789 bits per heavy atom. The molecular formula is C44H66N6O5Si2. The third kappa shape index (κ3) is 13.7. The number of carbonyl (C=O) groups is 1. The highest BCUT2D eigenvalue weighted by Crippen LogP contribution is 2.39. The first-order valence-corrected chi connectivity index (χ1v) is 25.7. The fraction of sp³-hybridized carbons (Fsp3) is 0.500. The summed E-state index contributed by atoms with van der Waals surface area (Å²) in [7, 11) is -3.74. The van der Waals surface area contributed by atoms with Gasteiger partial charge in [0.2, 0.25) is 0 Å². The van der Waals surface area contributed by atoms with Gasteiger partial charge in [-0.2, -0.15) is 0 Å². The summed E-state index contributed by atoms with van der Waals surface area (Å²) in [5, 5.41) is 11.6. The van der Waals surface area contributed by atoms with E-state index in [1.54, 1.807) is 55.1 Å². The number of carbonyl (C=O) groups excluding carboxylic acids is 1. The molecule has 1 aliphatic rings. The van der Waals surface area contributed by atoms with Gasteiger partial charge in [0.1, 0.15) is 17.2 Å². The lowest BCUT2D eigenvalue weighted by Gasteiger charge is -2.38. The number of rotatable bonds is 16. The van der Waals surface area contributed by atoms with Crippen molar-refractivity contribution < 1.29 is 23.1 Å². The van der Waals surface area contributed by atoms with Crippen LogP contribution >= 0.6 is 0 Å². The zero-order valence-electron chi connectivity index (χ0n) is 36.5. The Balaban J connectivity index is 1.42. The van der Waals surface area contributed by atoms with Crippen molar-refractivity contribution in [2.24, 2.45) is 15.8 Å². The summed E-state index contributed by atoms with van der Waals surface area (Å²) in [6, 6.07) is 18.5. The molecule has 4 rings (SSSR count). The molecule has 13 heteroatoms. The molecule has 0 saturated heterocycles. The van der Waals surface area contributed by atoms with Gasteiger partial charge in [-0.3, -0.25) is 9.88 Å². The van der Waals surface area contributed by atoms with E-state index in [2.05, 4.69) is 144 Å². The normalized spacial score (nSPS) is 15.6. The predicted octanol–water partition coefficient (Wildman–Crippen LogP) is 11.8. The first-order valence-electron chi connectivity index (χ1n) is 19.9. The molecule has 0 aliphatic carbocycles. The number of anilines is 1. The number of allylic oxidation sites excluding steroid dienone is 2. The molecule has 1 atom stereocenters. The van der Waals surface area contributed by atoms with Crippen molar-refractivity contribution in [3.8, 4) is 11.5 Å². The quantitative estimate of drug-likeness (QED) is 0.0839. The van der Waals surface area contributed by atoms with E-state index < -0.39 is 28.8 Å². The third-order valence-corrected chi connectivity index (χ3v) is 20.2. The van der Waals surface area contributed by atoms with Crippen LogP contribution in [0.5, 0.6) is 11.5 Å². The maximum atomic E-state index is 12.8. The van der Waals surface area contributed by atoms with E-state index in [4.69, 9.17) is 18.3 Å². The molecule has 0 radical (unpaired) electrons. The number of ether oxygens (including phenoxy) is 2. The number of hydrogen-bond acceptors (Lipinski definition) is 9. The van der Waals surface area contributed by atoms with Crippen molar-refractivity contribution in [2.45, 2.75) is 111 Å². The maximum absolute atomic E-state index is 12.8. The van der Waals surface area contributed by atoms with Crippen LogP contribution < -0.4 is 15.5 Å². The van der Waals surface area contributed by atoms with Gasteiger partial charge in [0, 0.05) is 50.9 Å². The number of amides is 2. The molecule has 11 nitrogen and oxygen atoms in total. The number of urea groups is 1. The van der Waals surface area contributed by atoms with Crippen LogP contribution in [0.15, 0.2) is 107 Å². The molecule has 1 unspecified atom stereocenters. The fourth-order valence-corrected chi connectivity index (χ4v) is 7.33. The van der Waals surface area contributed by atoms with Gasteiger partial charge in [0.05, 0.1) is 6.26 Å². The maximum Gasteiger partial charge on any atom is 0.341 e. The minimum atomic E-state index is -1.87. The summed E-state index contributed by atoms with van der Waals surface area (Å²) in [6.07, 6.45) is 6.61. The molecule has 0 saturated carbocycles. The first-order chi connectivity index (χ1) is 26.5. The highest BCUT2D eigenvalue weighted by atomic mass is 28.4. The largest absolute Gasteiger partial charge is 0.487 e. The lowest BCUT2D eigenvalue weighted by atomic mass is 9.85. The average Bonchev–Trinajstić information content (AvgIpc) is 3.12. The summed E-state index contributed by atoms with van der Waals surface area (Å²) in [6.45, 7) is 33.0. The minimum absolute atomic E-state index is 0.156. The second-order valence-corrected chi connectivity index (χ2v) is 28.3. The number of benzene rings is 2. The second-order valence-electron chi connectivity index (χ2n) is 18.7. The highest BCUT2D eigenvalue weighted by Gasteiger charge is 2.38. The van der Waals surface area contributed by atoms with Crippen LogP contribution in [-0.2, 0) is 20.1 Å². The minimum Gasteiger partial charge on any atom is -0.487 e. The Hall–Kier alpha value is -4.15. The Kier molecular flexibility index (Phi) is 15.2. The van der Waals surface area contributed by atoms with E-state index in [0.29, 0.717) is 36.1 Å². The third-order valence-electron chi connectivity index (χ3n) is 11.1. The van der Waals surface area contributed by atoms with Gasteiger partial charge >= 0.3 is 6.03 Å².